The van der Waals surface area contributed by atoms with E-state index in [4.69, 9.17) is 4.74 Å². The molecule has 1 aromatic carbocycles. The van der Waals surface area contributed by atoms with Crippen LogP contribution in [-0.2, 0) is 9.53 Å². The van der Waals surface area contributed by atoms with Gasteiger partial charge in [-0.1, -0.05) is 32.0 Å². The summed E-state index contributed by atoms with van der Waals surface area (Å²) < 4.78 is 5.89. The molecule has 1 aromatic rings. The predicted molar refractivity (Wildman–Crippen MR) is 94.7 cm³/mol. The normalized spacial score (nSPS) is 22.4. The summed E-state index contributed by atoms with van der Waals surface area (Å²) in [4.78, 5) is 14.1. The third-order valence-electron chi connectivity index (χ3n) is 5.49. The number of rotatable bonds is 8. The lowest BCUT2D eigenvalue weighted by Gasteiger charge is -2.55. The first-order valence-electron chi connectivity index (χ1n) is 8.75. The summed E-state index contributed by atoms with van der Waals surface area (Å²) in [5, 5.41) is 3.48. The Morgan fingerprint density at radius 2 is 1.91 bits per heavy atom. The molecule has 0 aromatic heterocycles. The number of anilines is 1. The second-order valence-corrected chi connectivity index (χ2v) is 6.34. The van der Waals surface area contributed by atoms with Gasteiger partial charge < -0.3 is 15.0 Å². The number of para-hydroxylation sites is 1. The molecular weight excluding hydrogens is 288 g/mol. The summed E-state index contributed by atoms with van der Waals surface area (Å²) in [7, 11) is 1.83. The van der Waals surface area contributed by atoms with Crippen LogP contribution in [0.5, 0.6) is 0 Å². The van der Waals surface area contributed by atoms with E-state index in [2.05, 4.69) is 26.1 Å². The van der Waals surface area contributed by atoms with Crippen molar-refractivity contribution < 1.29 is 9.53 Å². The third kappa shape index (κ3) is 3.59. The van der Waals surface area contributed by atoms with E-state index in [0.29, 0.717) is 18.7 Å². The average molecular weight is 318 g/mol. The molecule has 0 heterocycles. The molecule has 0 saturated heterocycles. The van der Waals surface area contributed by atoms with Gasteiger partial charge >= 0.3 is 0 Å². The molecule has 1 N–H and O–H groups in total. The van der Waals surface area contributed by atoms with Crippen molar-refractivity contribution in [1.82, 2.24) is 5.32 Å². The third-order valence-corrected chi connectivity index (χ3v) is 5.49. The zero-order valence-corrected chi connectivity index (χ0v) is 14.8. The number of hydrogen-bond acceptors (Lipinski definition) is 3. The number of nitrogens with one attached hydrogen (secondary N) is 1. The van der Waals surface area contributed by atoms with Crippen molar-refractivity contribution in [2.24, 2.45) is 5.41 Å². The van der Waals surface area contributed by atoms with E-state index in [1.165, 1.54) is 0 Å². The molecule has 1 fully saturated rings. The Balaban J connectivity index is 1.91. The first-order chi connectivity index (χ1) is 11.1. The molecule has 128 valence electrons. The van der Waals surface area contributed by atoms with Crippen molar-refractivity contribution in [2.75, 3.05) is 25.1 Å². The first kappa shape index (κ1) is 18.0. The van der Waals surface area contributed by atoms with Crippen LogP contribution in [0, 0.1) is 5.41 Å². The molecule has 0 radical (unpaired) electrons. The molecule has 4 nitrogen and oxygen atoms in total. The Morgan fingerprint density at radius 1 is 1.26 bits per heavy atom. The van der Waals surface area contributed by atoms with Gasteiger partial charge in [-0.05, 0) is 38.3 Å². The van der Waals surface area contributed by atoms with E-state index in [-0.39, 0.29) is 11.3 Å². The molecule has 4 heteroatoms. The average Bonchev–Trinajstić information content (AvgIpc) is 2.58. The number of benzene rings is 1. The lowest BCUT2D eigenvalue weighted by Crippen LogP contribution is -2.64. The van der Waals surface area contributed by atoms with Crippen molar-refractivity contribution in [3.63, 3.8) is 0 Å². The summed E-state index contributed by atoms with van der Waals surface area (Å²) in [6.07, 6.45) is 3.47. The smallest absolute Gasteiger partial charge is 0.240 e. The molecule has 0 bridgehead atoms. The van der Waals surface area contributed by atoms with Gasteiger partial charge in [0.1, 0.15) is 0 Å². The van der Waals surface area contributed by atoms with Gasteiger partial charge in [0, 0.05) is 30.8 Å². The van der Waals surface area contributed by atoms with Gasteiger partial charge in [0.25, 0.3) is 0 Å². The SMILES string of the molecule is CCO[C@H]1C[C@H](NCC(=O)N(C)c2ccccc2)C1(CC)CC. The maximum absolute atomic E-state index is 12.4. The second-order valence-electron chi connectivity index (χ2n) is 6.34. The lowest BCUT2D eigenvalue weighted by atomic mass is 9.58. The van der Waals surface area contributed by atoms with E-state index in [0.717, 1.165) is 31.6 Å². The molecule has 2 rings (SSSR count). The minimum Gasteiger partial charge on any atom is -0.378 e. The largest absolute Gasteiger partial charge is 0.378 e. The number of nitrogens with zero attached hydrogens (tertiary/aromatic N) is 1. The van der Waals surface area contributed by atoms with Gasteiger partial charge in [-0.25, -0.2) is 0 Å². The van der Waals surface area contributed by atoms with E-state index < -0.39 is 0 Å². The number of amides is 1. The standard InChI is InChI=1S/C19H30N2O2/c1-5-19(6-2)16(13-17(19)23-7-3)20-14-18(22)21(4)15-11-9-8-10-12-15/h8-12,16-17,20H,5-7,13-14H2,1-4H3/t16-,17-/m0/s1. The molecule has 1 saturated carbocycles. The lowest BCUT2D eigenvalue weighted by molar-refractivity contribution is -0.140. The summed E-state index contributed by atoms with van der Waals surface area (Å²) in [6, 6.07) is 10.1. The first-order valence-corrected chi connectivity index (χ1v) is 8.75. The number of carbonyl (C=O) groups is 1. The molecule has 2 atom stereocenters. The Morgan fingerprint density at radius 3 is 2.48 bits per heavy atom. The number of hydrogen-bond donors (Lipinski definition) is 1. The molecule has 0 spiro atoms. The Labute approximate surface area is 140 Å². The highest BCUT2D eigenvalue weighted by Crippen LogP contribution is 2.48. The van der Waals surface area contributed by atoms with Crippen LogP contribution in [0.1, 0.15) is 40.0 Å². The highest BCUT2D eigenvalue weighted by atomic mass is 16.5. The number of likely N-dealkylation sites (N-methyl/N-ethyl adjacent to an activating group) is 1. The Hall–Kier alpha value is -1.39. The van der Waals surface area contributed by atoms with Crippen LogP contribution in [-0.4, -0.2) is 38.3 Å². The number of ether oxygens (including phenoxy) is 1. The van der Waals surface area contributed by atoms with Crippen LogP contribution in [0.4, 0.5) is 5.69 Å². The van der Waals surface area contributed by atoms with Crippen molar-refractivity contribution in [3.8, 4) is 0 Å². The van der Waals surface area contributed by atoms with Crippen molar-refractivity contribution in [2.45, 2.75) is 52.2 Å². The zero-order valence-electron chi connectivity index (χ0n) is 14.8. The maximum Gasteiger partial charge on any atom is 0.240 e. The van der Waals surface area contributed by atoms with E-state index in [1.807, 2.05) is 37.4 Å². The van der Waals surface area contributed by atoms with E-state index >= 15 is 0 Å². The van der Waals surface area contributed by atoms with Gasteiger partial charge in [-0.3, -0.25) is 4.79 Å². The molecule has 1 amide bonds. The topological polar surface area (TPSA) is 41.6 Å². The molecule has 0 unspecified atom stereocenters. The van der Waals surface area contributed by atoms with Crippen LogP contribution in [0.3, 0.4) is 0 Å². The number of carbonyl (C=O) groups excluding carboxylic acids is 1. The predicted octanol–water partition coefficient (Wildman–Crippen LogP) is 3.22. The minimum absolute atomic E-state index is 0.0946. The molecule has 0 aliphatic heterocycles. The zero-order chi connectivity index (χ0) is 16.9. The Kier molecular flexibility index (Phi) is 6.19. The minimum atomic E-state index is 0.0946. The van der Waals surface area contributed by atoms with Crippen LogP contribution in [0.15, 0.2) is 30.3 Å². The fourth-order valence-corrected chi connectivity index (χ4v) is 3.79. The highest BCUT2D eigenvalue weighted by molar-refractivity contribution is 5.94. The summed E-state index contributed by atoms with van der Waals surface area (Å²) >= 11 is 0. The summed E-state index contributed by atoms with van der Waals surface area (Å²) in [5.41, 5.74) is 1.10. The molecular formula is C19H30N2O2. The fraction of sp³-hybridized carbons (Fsp3) is 0.632. The van der Waals surface area contributed by atoms with Crippen LogP contribution >= 0.6 is 0 Å². The van der Waals surface area contributed by atoms with Crippen molar-refractivity contribution in [1.29, 1.82) is 0 Å². The Bertz CT molecular complexity index is 499. The van der Waals surface area contributed by atoms with Gasteiger partial charge in [0.15, 0.2) is 0 Å². The van der Waals surface area contributed by atoms with Crippen molar-refractivity contribution in [3.05, 3.63) is 30.3 Å². The van der Waals surface area contributed by atoms with Gasteiger partial charge in [0.2, 0.25) is 5.91 Å². The molecule has 1 aliphatic carbocycles. The highest BCUT2D eigenvalue weighted by Gasteiger charge is 2.53. The summed E-state index contributed by atoms with van der Waals surface area (Å²) in [6.45, 7) is 7.63. The van der Waals surface area contributed by atoms with E-state index in [1.54, 1.807) is 4.90 Å². The van der Waals surface area contributed by atoms with Gasteiger partial charge in [0.05, 0.1) is 12.6 Å². The van der Waals surface area contributed by atoms with Crippen LogP contribution in [0.25, 0.3) is 0 Å². The second kappa shape index (κ2) is 7.93. The maximum atomic E-state index is 12.4. The fourth-order valence-electron chi connectivity index (χ4n) is 3.79. The summed E-state index contributed by atoms with van der Waals surface area (Å²) in [5.74, 6) is 0.0946. The van der Waals surface area contributed by atoms with E-state index in [9.17, 15) is 4.79 Å². The monoisotopic (exact) mass is 318 g/mol. The van der Waals surface area contributed by atoms with Crippen LogP contribution < -0.4 is 10.2 Å². The quantitative estimate of drug-likeness (QED) is 0.800. The van der Waals surface area contributed by atoms with Crippen molar-refractivity contribution >= 4 is 11.6 Å². The molecule has 1 aliphatic rings. The molecule has 23 heavy (non-hydrogen) atoms. The van der Waals surface area contributed by atoms with Crippen LogP contribution in [0.2, 0.25) is 0 Å². The van der Waals surface area contributed by atoms with Gasteiger partial charge in [-0.2, -0.15) is 0 Å². The van der Waals surface area contributed by atoms with Gasteiger partial charge in [-0.15, -0.1) is 0 Å².